The van der Waals surface area contributed by atoms with E-state index in [2.05, 4.69) is 31.0 Å². The highest BCUT2D eigenvalue weighted by Crippen LogP contribution is 2.20. The van der Waals surface area contributed by atoms with E-state index in [1.165, 1.54) is 22.7 Å². The number of nitrogens with two attached hydrogens (primary N) is 2. The van der Waals surface area contributed by atoms with Gasteiger partial charge in [0.15, 0.2) is 0 Å². The van der Waals surface area contributed by atoms with Gasteiger partial charge in [0.25, 0.3) is 0 Å². The molecular formula is C18H34N8O2S4. The summed E-state index contributed by atoms with van der Waals surface area (Å²) in [4.78, 5) is 24.0. The molecule has 0 saturated heterocycles. The molecule has 0 spiro atoms. The lowest BCUT2D eigenvalue weighted by Gasteiger charge is -2.13. The van der Waals surface area contributed by atoms with E-state index in [4.69, 9.17) is 11.5 Å². The van der Waals surface area contributed by atoms with Crippen molar-refractivity contribution in [2.45, 2.75) is 65.5 Å². The first kappa shape index (κ1) is 30.7. The number of hydrogen-bond donors (Lipinski definition) is 4. The first-order valence-electron chi connectivity index (χ1n) is 9.95. The Bertz CT molecular complexity index is 774. The van der Waals surface area contributed by atoms with Gasteiger partial charge in [0.05, 0.1) is 12.1 Å². The summed E-state index contributed by atoms with van der Waals surface area (Å²) in [5.41, 5.74) is 11.7. The van der Waals surface area contributed by atoms with Gasteiger partial charge in [-0.3, -0.25) is 20.2 Å². The molecule has 2 rings (SSSR count). The lowest BCUT2D eigenvalue weighted by molar-refractivity contribution is -0.119. The van der Waals surface area contributed by atoms with E-state index >= 15 is 0 Å². The quantitative estimate of drug-likeness (QED) is 0.326. The SMILES string of the molecule is CC(C)[C@H](N)C(=O)Nc1nnc(CCCCc2nnc(NC(=O)[C@@H](N)C(C)C)s2)s1.S.S. The van der Waals surface area contributed by atoms with Crippen molar-refractivity contribution < 1.29 is 9.59 Å². The highest BCUT2D eigenvalue weighted by Gasteiger charge is 2.20. The third kappa shape index (κ3) is 9.67. The van der Waals surface area contributed by atoms with Crippen molar-refractivity contribution in [3.63, 3.8) is 0 Å². The van der Waals surface area contributed by atoms with Gasteiger partial charge >= 0.3 is 0 Å². The maximum Gasteiger partial charge on any atom is 0.243 e. The van der Waals surface area contributed by atoms with Gasteiger partial charge in [-0.15, -0.1) is 20.4 Å². The van der Waals surface area contributed by atoms with E-state index in [9.17, 15) is 9.59 Å². The Hall–Kier alpha value is -1.32. The molecule has 0 aliphatic rings. The standard InChI is InChI=1S/C18H30N8O2S2.2H2S/c1-9(2)13(19)15(27)21-17-25-23-11(29-17)7-5-6-8-12-24-26-18(30-12)22-16(28)14(20)10(3)4;;/h9-10,13-14H,5-8,19-20H2,1-4H3,(H,21,25,27)(H,22,26,28);2*1H2/t13-,14-;;/m0../s1. The second kappa shape index (κ2) is 14.8. The molecule has 2 amide bonds. The van der Waals surface area contributed by atoms with E-state index in [-0.39, 0.29) is 50.6 Å². The zero-order chi connectivity index (χ0) is 22.3. The molecule has 0 unspecified atom stereocenters. The van der Waals surface area contributed by atoms with Crippen molar-refractivity contribution in [3.8, 4) is 0 Å². The van der Waals surface area contributed by atoms with E-state index in [1.807, 2.05) is 27.7 Å². The van der Waals surface area contributed by atoms with Gasteiger partial charge in [0.2, 0.25) is 22.1 Å². The second-order valence-corrected chi connectivity index (χ2v) is 9.85. The van der Waals surface area contributed by atoms with Crippen molar-refractivity contribution in [1.82, 2.24) is 20.4 Å². The van der Waals surface area contributed by atoms with Crippen LogP contribution in [0.4, 0.5) is 10.3 Å². The van der Waals surface area contributed by atoms with Crippen LogP contribution < -0.4 is 22.1 Å². The molecule has 0 fully saturated rings. The van der Waals surface area contributed by atoms with Crippen LogP contribution in [-0.2, 0) is 22.4 Å². The number of carbonyl (C=O) groups excluding carboxylic acids is 2. The minimum atomic E-state index is -0.569. The Balaban J connectivity index is 0.00000480. The third-order valence-electron chi connectivity index (χ3n) is 4.47. The Morgan fingerprint density at radius 1 is 0.750 bits per heavy atom. The van der Waals surface area contributed by atoms with E-state index in [0.29, 0.717) is 10.3 Å². The van der Waals surface area contributed by atoms with Crippen molar-refractivity contribution in [2.75, 3.05) is 10.6 Å². The summed E-state index contributed by atoms with van der Waals surface area (Å²) in [5.74, 6) is -0.389. The molecule has 0 saturated carbocycles. The minimum Gasteiger partial charge on any atom is -0.320 e. The Morgan fingerprint density at radius 3 is 1.41 bits per heavy atom. The third-order valence-corrected chi connectivity index (χ3v) is 6.26. The molecule has 10 nitrogen and oxygen atoms in total. The lowest BCUT2D eigenvalue weighted by Crippen LogP contribution is -2.39. The first-order chi connectivity index (χ1) is 14.2. The molecule has 2 aromatic rings. The van der Waals surface area contributed by atoms with Crippen molar-refractivity contribution >= 4 is 71.7 Å². The molecule has 0 bridgehead atoms. The zero-order valence-electron chi connectivity index (χ0n) is 18.7. The zero-order valence-corrected chi connectivity index (χ0v) is 22.3. The molecule has 0 radical (unpaired) electrons. The lowest BCUT2D eigenvalue weighted by atomic mass is 10.1. The maximum atomic E-state index is 12.0. The fraction of sp³-hybridized carbons (Fsp3) is 0.667. The van der Waals surface area contributed by atoms with Gasteiger partial charge in [-0.2, -0.15) is 27.0 Å². The van der Waals surface area contributed by atoms with Crippen LogP contribution in [0.5, 0.6) is 0 Å². The van der Waals surface area contributed by atoms with E-state index in [0.717, 1.165) is 35.7 Å². The summed E-state index contributed by atoms with van der Waals surface area (Å²) in [6.45, 7) is 7.58. The number of unbranched alkanes of at least 4 members (excludes halogenated alkanes) is 1. The molecule has 2 atom stereocenters. The predicted octanol–water partition coefficient (Wildman–Crippen LogP) is 2.02. The normalized spacial score (nSPS) is 12.6. The number of anilines is 2. The number of aryl methyl sites for hydroxylation is 2. The van der Waals surface area contributed by atoms with Crippen LogP contribution in [0, 0.1) is 11.8 Å². The van der Waals surface area contributed by atoms with Crippen LogP contribution >= 0.6 is 49.7 Å². The molecule has 2 aromatic heterocycles. The van der Waals surface area contributed by atoms with Crippen molar-refractivity contribution in [3.05, 3.63) is 10.0 Å². The van der Waals surface area contributed by atoms with Gasteiger partial charge in [-0.1, -0.05) is 50.4 Å². The maximum absolute atomic E-state index is 12.0. The summed E-state index contributed by atoms with van der Waals surface area (Å²) < 4.78 is 0. The number of rotatable bonds is 11. The molecule has 6 N–H and O–H groups in total. The highest BCUT2D eigenvalue weighted by atomic mass is 32.1. The monoisotopic (exact) mass is 522 g/mol. The molecule has 32 heavy (non-hydrogen) atoms. The summed E-state index contributed by atoms with van der Waals surface area (Å²) in [6.07, 6.45) is 3.31. The predicted molar refractivity (Wildman–Crippen MR) is 140 cm³/mol. The van der Waals surface area contributed by atoms with Gasteiger partial charge in [0, 0.05) is 12.8 Å². The molecule has 2 heterocycles. The Morgan fingerprint density at radius 2 is 1.09 bits per heavy atom. The van der Waals surface area contributed by atoms with E-state index < -0.39 is 12.1 Å². The average molecular weight is 523 g/mol. The number of hydrogen-bond acceptors (Lipinski definition) is 10. The average Bonchev–Trinajstić information content (AvgIpc) is 3.32. The summed E-state index contributed by atoms with van der Waals surface area (Å²) in [7, 11) is 0. The fourth-order valence-electron chi connectivity index (χ4n) is 2.35. The summed E-state index contributed by atoms with van der Waals surface area (Å²) >= 11 is 2.72. The largest absolute Gasteiger partial charge is 0.320 e. The van der Waals surface area contributed by atoms with Crippen LogP contribution in [0.15, 0.2) is 0 Å². The number of carbonyl (C=O) groups is 2. The van der Waals surface area contributed by atoms with Crippen LogP contribution in [0.2, 0.25) is 0 Å². The van der Waals surface area contributed by atoms with Gasteiger partial charge in [0.1, 0.15) is 10.0 Å². The van der Waals surface area contributed by atoms with Crippen LogP contribution in [0.1, 0.15) is 50.6 Å². The Kier molecular flexibility index (Phi) is 14.1. The number of amides is 2. The molecule has 182 valence electrons. The van der Waals surface area contributed by atoms with Gasteiger partial charge in [-0.25, -0.2) is 0 Å². The smallest absolute Gasteiger partial charge is 0.243 e. The van der Waals surface area contributed by atoms with E-state index in [1.54, 1.807) is 0 Å². The summed E-state index contributed by atoms with van der Waals surface area (Å²) in [5, 5.41) is 24.3. The topological polar surface area (TPSA) is 162 Å². The highest BCUT2D eigenvalue weighted by molar-refractivity contribution is 7.59. The Labute approximate surface area is 210 Å². The van der Waals surface area contributed by atoms with Gasteiger partial charge in [-0.05, 0) is 24.7 Å². The van der Waals surface area contributed by atoms with Crippen LogP contribution in [-0.4, -0.2) is 44.3 Å². The second-order valence-electron chi connectivity index (χ2n) is 7.73. The molecule has 0 aliphatic carbocycles. The summed E-state index contributed by atoms with van der Waals surface area (Å²) in [6, 6.07) is -1.14. The van der Waals surface area contributed by atoms with Gasteiger partial charge < -0.3 is 11.5 Å². The van der Waals surface area contributed by atoms with Crippen molar-refractivity contribution in [1.29, 1.82) is 0 Å². The minimum absolute atomic E-state index is 0. The number of nitrogens with zero attached hydrogens (tertiary/aromatic N) is 4. The number of nitrogens with one attached hydrogen (secondary N) is 2. The first-order valence-corrected chi connectivity index (χ1v) is 11.6. The van der Waals surface area contributed by atoms with Crippen LogP contribution in [0.25, 0.3) is 0 Å². The molecular weight excluding hydrogens is 489 g/mol. The molecule has 14 heteroatoms. The molecule has 0 aliphatic heterocycles. The van der Waals surface area contributed by atoms with Crippen LogP contribution in [0.3, 0.4) is 0 Å². The fourth-order valence-corrected chi connectivity index (χ4v) is 3.91. The van der Waals surface area contributed by atoms with Crippen molar-refractivity contribution in [2.24, 2.45) is 23.3 Å². The number of aromatic nitrogens is 4. The molecule has 0 aromatic carbocycles.